The van der Waals surface area contributed by atoms with Crippen molar-refractivity contribution in [2.75, 3.05) is 24.7 Å². The third kappa shape index (κ3) is 2.26. The molecule has 0 saturated carbocycles. The van der Waals surface area contributed by atoms with Crippen LogP contribution in [0.3, 0.4) is 0 Å². The largest absolute Gasteiger partial charge is 0.384 e. The van der Waals surface area contributed by atoms with E-state index >= 15 is 0 Å². The first-order chi connectivity index (χ1) is 10.3. The molecule has 0 aromatic carbocycles. The van der Waals surface area contributed by atoms with Gasteiger partial charge in [-0.3, -0.25) is 0 Å². The Labute approximate surface area is 127 Å². The highest BCUT2D eigenvalue weighted by atomic mass is 32.2. The van der Waals surface area contributed by atoms with E-state index in [2.05, 4.69) is 15.7 Å². The number of rotatable bonds is 2. The van der Waals surface area contributed by atoms with Gasteiger partial charge in [0.2, 0.25) is 0 Å². The Morgan fingerprint density at radius 2 is 2.38 bits per heavy atom. The van der Waals surface area contributed by atoms with E-state index in [9.17, 15) is 0 Å². The molecular formula is C14H18N6S. The molecule has 6 nitrogen and oxygen atoms in total. The zero-order valence-electron chi connectivity index (χ0n) is 11.7. The minimum atomic E-state index is 0.442. The molecule has 7 heteroatoms. The number of nitrogen functional groups attached to an aromatic ring is 1. The maximum Gasteiger partial charge on any atom is 0.166 e. The lowest BCUT2D eigenvalue weighted by atomic mass is 9.96. The predicted octanol–water partition coefficient (Wildman–Crippen LogP) is 1.37. The average molecular weight is 302 g/mol. The van der Waals surface area contributed by atoms with Gasteiger partial charge in [-0.25, -0.2) is 4.98 Å². The van der Waals surface area contributed by atoms with Crippen molar-refractivity contribution in [1.82, 2.24) is 25.2 Å². The van der Waals surface area contributed by atoms with Crippen LogP contribution in [-0.4, -0.2) is 33.6 Å². The molecule has 1 saturated heterocycles. The van der Waals surface area contributed by atoms with Crippen LogP contribution in [0.2, 0.25) is 0 Å². The van der Waals surface area contributed by atoms with Crippen LogP contribution in [0.15, 0.2) is 18.5 Å². The molecule has 4 rings (SSSR count). The summed E-state index contributed by atoms with van der Waals surface area (Å²) in [6.07, 6.45) is 6.23. The first-order valence-electron chi connectivity index (χ1n) is 7.24. The molecule has 1 unspecified atom stereocenters. The van der Waals surface area contributed by atoms with Crippen LogP contribution in [0, 0.1) is 0 Å². The number of fused-ring (bicyclic) bond motifs is 1. The second-order valence-corrected chi connectivity index (χ2v) is 6.46. The smallest absolute Gasteiger partial charge is 0.166 e. The Balaban J connectivity index is 1.80. The number of anilines is 1. The Bertz CT molecular complexity index is 701. The second kappa shape index (κ2) is 5.23. The molecule has 2 aromatic rings. The van der Waals surface area contributed by atoms with Gasteiger partial charge in [0.15, 0.2) is 5.65 Å². The molecule has 0 radical (unpaired) electrons. The molecule has 2 aromatic heterocycles. The van der Waals surface area contributed by atoms with E-state index in [0.717, 1.165) is 42.3 Å². The summed E-state index contributed by atoms with van der Waals surface area (Å²) in [5, 5.41) is 11.0. The Hall–Kier alpha value is -1.73. The number of hydrogen-bond acceptors (Lipinski definition) is 6. The number of aromatic nitrogens is 3. The second-order valence-electron chi connectivity index (χ2n) is 5.44. The number of hydrogen-bond donors (Lipinski definition) is 3. The first-order valence-corrected chi connectivity index (χ1v) is 8.23. The molecule has 0 bridgehead atoms. The van der Waals surface area contributed by atoms with Crippen molar-refractivity contribution >= 4 is 28.1 Å². The molecule has 21 heavy (non-hydrogen) atoms. The molecule has 0 aliphatic carbocycles. The zero-order chi connectivity index (χ0) is 14.2. The molecule has 2 aliphatic rings. The minimum Gasteiger partial charge on any atom is -0.384 e. The van der Waals surface area contributed by atoms with E-state index in [-0.39, 0.29) is 0 Å². The molecule has 1 fully saturated rings. The van der Waals surface area contributed by atoms with Crippen LogP contribution in [0.1, 0.15) is 30.0 Å². The SMILES string of the molecule is Nc1cc(C2CCCNC2)nc2c(C3=CNCS3)cnn12. The van der Waals surface area contributed by atoms with Crippen LogP contribution in [0.5, 0.6) is 0 Å². The zero-order valence-corrected chi connectivity index (χ0v) is 12.5. The monoisotopic (exact) mass is 302 g/mol. The lowest BCUT2D eigenvalue weighted by molar-refractivity contribution is 0.455. The fourth-order valence-corrected chi connectivity index (χ4v) is 3.73. The topological polar surface area (TPSA) is 80.3 Å². The van der Waals surface area contributed by atoms with E-state index in [1.165, 1.54) is 11.3 Å². The summed E-state index contributed by atoms with van der Waals surface area (Å²) in [5.41, 5.74) is 9.17. The van der Waals surface area contributed by atoms with Crippen molar-refractivity contribution in [3.8, 4) is 0 Å². The van der Waals surface area contributed by atoms with Crippen molar-refractivity contribution in [3.05, 3.63) is 29.7 Å². The first kappa shape index (κ1) is 13.0. The van der Waals surface area contributed by atoms with Gasteiger partial charge >= 0.3 is 0 Å². The van der Waals surface area contributed by atoms with Crippen molar-refractivity contribution in [1.29, 1.82) is 0 Å². The van der Waals surface area contributed by atoms with E-state index in [1.807, 2.05) is 18.5 Å². The summed E-state index contributed by atoms with van der Waals surface area (Å²) >= 11 is 1.77. The number of piperidine rings is 1. The van der Waals surface area contributed by atoms with Crippen LogP contribution in [0.25, 0.3) is 10.6 Å². The fraction of sp³-hybridized carbons (Fsp3) is 0.429. The highest BCUT2D eigenvalue weighted by molar-refractivity contribution is 8.08. The quantitative estimate of drug-likeness (QED) is 0.777. The molecular weight excluding hydrogens is 284 g/mol. The number of thioether (sulfide) groups is 1. The number of nitrogens with two attached hydrogens (primary N) is 1. The van der Waals surface area contributed by atoms with Crippen LogP contribution in [-0.2, 0) is 0 Å². The Kier molecular flexibility index (Phi) is 3.23. The maximum atomic E-state index is 6.17. The van der Waals surface area contributed by atoms with Crippen molar-refractivity contribution in [3.63, 3.8) is 0 Å². The van der Waals surface area contributed by atoms with Gasteiger partial charge in [-0.1, -0.05) is 0 Å². The van der Waals surface area contributed by atoms with Gasteiger partial charge in [-0.2, -0.15) is 9.61 Å². The molecule has 2 aliphatic heterocycles. The van der Waals surface area contributed by atoms with E-state index in [4.69, 9.17) is 10.7 Å². The summed E-state index contributed by atoms with van der Waals surface area (Å²) in [5.74, 6) is 1.99. The van der Waals surface area contributed by atoms with Crippen molar-refractivity contribution in [2.45, 2.75) is 18.8 Å². The van der Waals surface area contributed by atoms with Gasteiger partial charge in [0.25, 0.3) is 0 Å². The highest BCUT2D eigenvalue weighted by Gasteiger charge is 2.21. The van der Waals surface area contributed by atoms with Crippen molar-refractivity contribution < 1.29 is 0 Å². The van der Waals surface area contributed by atoms with Gasteiger partial charge in [0.05, 0.1) is 23.3 Å². The van der Waals surface area contributed by atoms with E-state index < -0.39 is 0 Å². The third-order valence-corrected chi connectivity index (χ3v) is 5.00. The third-order valence-electron chi connectivity index (χ3n) is 4.04. The average Bonchev–Trinajstić information content (AvgIpc) is 3.16. The maximum absolute atomic E-state index is 6.17. The van der Waals surface area contributed by atoms with E-state index in [1.54, 1.807) is 16.3 Å². The summed E-state index contributed by atoms with van der Waals surface area (Å²) in [7, 11) is 0. The standard InChI is InChI=1S/C14H18N6S/c15-13-4-11(9-2-1-3-16-5-9)19-14-10(6-18-20(13)14)12-7-17-8-21-12/h4,6-7,9,16-17H,1-3,5,8,15H2. The summed E-state index contributed by atoms with van der Waals surface area (Å²) in [4.78, 5) is 6.04. The Morgan fingerprint density at radius 1 is 1.43 bits per heavy atom. The normalized spacial score (nSPS) is 22.3. The summed E-state index contributed by atoms with van der Waals surface area (Å²) in [6.45, 7) is 2.08. The van der Waals surface area contributed by atoms with Gasteiger partial charge in [0, 0.05) is 29.6 Å². The van der Waals surface area contributed by atoms with E-state index in [0.29, 0.717) is 11.7 Å². The molecule has 4 N–H and O–H groups in total. The van der Waals surface area contributed by atoms with Gasteiger partial charge in [0.1, 0.15) is 5.82 Å². The predicted molar refractivity (Wildman–Crippen MR) is 85.8 cm³/mol. The lowest BCUT2D eigenvalue weighted by Crippen LogP contribution is -2.29. The van der Waals surface area contributed by atoms with Crippen LogP contribution in [0.4, 0.5) is 5.82 Å². The lowest BCUT2D eigenvalue weighted by Gasteiger charge is -2.22. The van der Waals surface area contributed by atoms with Crippen LogP contribution >= 0.6 is 11.8 Å². The number of nitrogens with zero attached hydrogens (tertiary/aromatic N) is 3. The molecule has 4 heterocycles. The molecule has 110 valence electrons. The van der Waals surface area contributed by atoms with Gasteiger partial charge < -0.3 is 16.4 Å². The number of nitrogens with one attached hydrogen (secondary N) is 2. The summed E-state index contributed by atoms with van der Waals surface area (Å²) in [6, 6.07) is 1.97. The molecule has 0 spiro atoms. The van der Waals surface area contributed by atoms with Gasteiger partial charge in [-0.05, 0) is 19.4 Å². The highest BCUT2D eigenvalue weighted by Crippen LogP contribution is 2.33. The Morgan fingerprint density at radius 3 is 3.14 bits per heavy atom. The van der Waals surface area contributed by atoms with Crippen LogP contribution < -0.4 is 16.4 Å². The minimum absolute atomic E-state index is 0.442. The fourth-order valence-electron chi connectivity index (χ4n) is 2.94. The molecule has 1 atom stereocenters. The van der Waals surface area contributed by atoms with Crippen molar-refractivity contribution in [2.24, 2.45) is 0 Å². The molecule has 0 amide bonds. The summed E-state index contributed by atoms with van der Waals surface area (Å²) < 4.78 is 1.73. The van der Waals surface area contributed by atoms with Gasteiger partial charge in [-0.15, -0.1) is 11.8 Å².